The first-order valence-electron chi connectivity index (χ1n) is 10.4. The SMILES string of the molecule is Cc1ccc(C(NC(=O)c2cnc(N3CCC(C)CC3)nc2)c2cccnc2)cc1. The van der Waals surface area contributed by atoms with Crippen LogP contribution in [0.4, 0.5) is 5.95 Å². The quantitative estimate of drug-likeness (QED) is 0.701. The van der Waals surface area contributed by atoms with E-state index >= 15 is 0 Å². The maximum absolute atomic E-state index is 13.0. The molecule has 154 valence electrons. The smallest absolute Gasteiger partial charge is 0.255 e. The lowest BCUT2D eigenvalue weighted by Gasteiger charge is -2.30. The highest BCUT2D eigenvalue weighted by molar-refractivity contribution is 5.94. The molecule has 1 aliphatic rings. The summed E-state index contributed by atoms with van der Waals surface area (Å²) in [7, 11) is 0. The van der Waals surface area contributed by atoms with Crippen LogP contribution in [0.1, 0.15) is 52.9 Å². The third-order valence-electron chi connectivity index (χ3n) is 5.67. The molecule has 2 aromatic heterocycles. The Hall–Kier alpha value is -3.28. The Morgan fingerprint density at radius 2 is 1.73 bits per heavy atom. The summed E-state index contributed by atoms with van der Waals surface area (Å²) in [5, 5.41) is 3.12. The number of hydrogen-bond donors (Lipinski definition) is 1. The molecule has 0 aliphatic carbocycles. The highest BCUT2D eigenvalue weighted by atomic mass is 16.1. The van der Waals surface area contributed by atoms with Crippen LogP contribution in [0.5, 0.6) is 0 Å². The van der Waals surface area contributed by atoms with Gasteiger partial charge in [-0.05, 0) is 42.9 Å². The average molecular weight is 402 g/mol. The van der Waals surface area contributed by atoms with E-state index in [1.54, 1.807) is 24.8 Å². The summed E-state index contributed by atoms with van der Waals surface area (Å²) in [6.45, 7) is 6.24. The molecule has 3 aromatic rings. The number of carbonyl (C=O) groups is 1. The summed E-state index contributed by atoms with van der Waals surface area (Å²) < 4.78 is 0. The zero-order valence-corrected chi connectivity index (χ0v) is 17.5. The summed E-state index contributed by atoms with van der Waals surface area (Å²) in [4.78, 5) is 28.3. The third kappa shape index (κ3) is 4.64. The van der Waals surface area contributed by atoms with E-state index in [1.165, 1.54) is 5.56 Å². The predicted octanol–water partition coefficient (Wildman–Crippen LogP) is 3.94. The zero-order chi connectivity index (χ0) is 20.9. The van der Waals surface area contributed by atoms with Crippen molar-refractivity contribution >= 4 is 11.9 Å². The number of aryl methyl sites for hydroxylation is 1. The fourth-order valence-electron chi connectivity index (χ4n) is 3.69. The van der Waals surface area contributed by atoms with Crippen molar-refractivity contribution < 1.29 is 4.79 Å². The van der Waals surface area contributed by atoms with Crippen LogP contribution in [-0.2, 0) is 0 Å². The van der Waals surface area contributed by atoms with Crippen LogP contribution in [0.25, 0.3) is 0 Å². The Bertz CT molecular complexity index is 965. The van der Waals surface area contributed by atoms with Crippen molar-refractivity contribution in [3.8, 4) is 0 Å². The number of nitrogens with zero attached hydrogens (tertiary/aromatic N) is 4. The average Bonchev–Trinajstić information content (AvgIpc) is 2.79. The summed E-state index contributed by atoms with van der Waals surface area (Å²) in [5.41, 5.74) is 3.55. The van der Waals surface area contributed by atoms with E-state index < -0.39 is 0 Å². The van der Waals surface area contributed by atoms with E-state index in [4.69, 9.17) is 0 Å². The molecular formula is C24H27N5O. The summed E-state index contributed by atoms with van der Waals surface area (Å²) in [5.74, 6) is 1.24. The molecule has 1 fully saturated rings. The Balaban J connectivity index is 1.51. The van der Waals surface area contributed by atoms with E-state index in [2.05, 4.69) is 32.1 Å². The standard InChI is InChI=1S/C24H27N5O/c1-17-5-7-19(8-6-17)22(20-4-3-11-25-14-20)28-23(30)21-15-26-24(27-16-21)29-12-9-18(2)10-13-29/h3-8,11,14-16,18,22H,9-10,12-13H2,1-2H3,(H,28,30). The molecule has 6 heteroatoms. The Kier molecular flexibility index (Phi) is 6.02. The molecule has 1 unspecified atom stereocenters. The number of pyridine rings is 1. The second-order valence-corrected chi connectivity index (χ2v) is 8.04. The molecule has 0 spiro atoms. The van der Waals surface area contributed by atoms with Crippen molar-refractivity contribution in [3.63, 3.8) is 0 Å². The van der Waals surface area contributed by atoms with Gasteiger partial charge in [-0.25, -0.2) is 9.97 Å². The van der Waals surface area contributed by atoms with Crippen molar-refractivity contribution in [2.75, 3.05) is 18.0 Å². The largest absolute Gasteiger partial charge is 0.341 e. The number of benzene rings is 1. The van der Waals surface area contributed by atoms with Gasteiger partial charge in [-0.1, -0.05) is 42.8 Å². The lowest BCUT2D eigenvalue weighted by Crippen LogP contribution is -2.34. The van der Waals surface area contributed by atoms with E-state index in [-0.39, 0.29) is 11.9 Å². The van der Waals surface area contributed by atoms with Gasteiger partial charge in [0.15, 0.2) is 0 Å². The topological polar surface area (TPSA) is 71.0 Å². The van der Waals surface area contributed by atoms with Gasteiger partial charge in [0.05, 0.1) is 11.6 Å². The van der Waals surface area contributed by atoms with Crippen molar-refractivity contribution in [2.45, 2.75) is 32.7 Å². The second-order valence-electron chi connectivity index (χ2n) is 8.04. The van der Waals surface area contributed by atoms with Gasteiger partial charge in [-0.15, -0.1) is 0 Å². The molecule has 1 aromatic carbocycles. The number of rotatable bonds is 5. The molecule has 1 atom stereocenters. The minimum atomic E-state index is -0.296. The van der Waals surface area contributed by atoms with Crippen molar-refractivity contribution in [1.29, 1.82) is 0 Å². The van der Waals surface area contributed by atoms with Gasteiger partial charge >= 0.3 is 0 Å². The maximum atomic E-state index is 13.0. The number of piperidine rings is 1. The van der Waals surface area contributed by atoms with E-state index in [1.807, 2.05) is 43.3 Å². The van der Waals surface area contributed by atoms with Crippen LogP contribution in [-0.4, -0.2) is 33.9 Å². The number of anilines is 1. The summed E-state index contributed by atoms with van der Waals surface area (Å²) >= 11 is 0. The normalized spacial score (nSPS) is 15.6. The second kappa shape index (κ2) is 9.03. The molecule has 0 radical (unpaired) electrons. The Morgan fingerprint density at radius 3 is 2.37 bits per heavy atom. The number of nitrogens with one attached hydrogen (secondary N) is 1. The van der Waals surface area contributed by atoms with Gasteiger partial charge in [0.1, 0.15) is 0 Å². The lowest BCUT2D eigenvalue weighted by molar-refractivity contribution is 0.0942. The van der Waals surface area contributed by atoms with Crippen LogP contribution >= 0.6 is 0 Å². The van der Waals surface area contributed by atoms with Gasteiger partial charge in [-0.2, -0.15) is 0 Å². The van der Waals surface area contributed by atoms with Gasteiger partial charge in [0.2, 0.25) is 5.95 Å². The number of aromatic nitrogens is 3. The number of carbonyl (C=O) groups excluding carboxylic acids is 1. The van der Waals surface area contributed by atoms with Crippen LogP contribution < -0.4 is 10.2 Å². The molecule has 1 N–H and O–H groups in total. The highest BCUT2D eigenvalue weighted by Gasteiger charge is 2.21. The van der Waals surface area contributed by atoms with Crippen LogP contribution in [0.2, 0.25) is 0 Å². The molecular weight excluding hydrogens is 374 g/mol. The first-order valence-corrected chi connectivity index (χ1v) is 10.4. The molecule has 3 heterocycles. The summed E-state index contributed by atoms with van der Waals surface area (Å²) in [6.07, 6.45) is 9.04. The van der Waals surface area contributed by atoms with E-state index in [0.717, 1.165) is 43.0 Å². The first-order chi connectivity index (χ1) is 14.6. The van der Waals surface area contributed by atoms with Gasteiger partial charge in [0.25, 0.3) is 5.91 Å². The molecule has 1 saturated heterocycles. The molecule has 0 saturated carbocycles. The van der Waals surface area contributed by atoms with Gasteiger partial charge in [0, 0.05) is 37.9 Å². The van der Waals surface area contributed by atoms with Crippen molar-refractivity contribution in [3.05, 3.63) is 83.4 Å². The van der Waals surface area contributed by atoms with Gasteiger partial charge < -0.3 is 10.2 Å². The Labute approximate surface area is 177 Å². The minimum absolute atomic E-state index is 0.205. The number of hydrogen-bond acceptors (Lipinski definition) is 5. The zero-order valence-electron chi connectivity index (χ0n) is 17.5. The highest BCUT2D eigenvalue weighted by Crippen LogP contribution is 2.23. The van der Waals surface area contributed by atoms with Crippen LogP contribution in [0, 0.1) is 12.8 Å². The monoisotopic (exact) mass is 401 g/mol. The maximum Gasteiger partial charge on any atom is 0.255 e. The summed E-state index contributed by atoms with van der Waals surface area (Å²) in [6, 6.07) is 11.7. The lowest BCUT2D eigenvalue weighted by atomic mass is 9.99. The van der Waals surface area contributed by atoms with Gasteiger partial charge in [-0.3, -0.25) is 9.78 Å². The van der Waals surface area contributed by atoms with E-state index in [9.17, 15) is 4.79 Å². The van der Waals surface area contributed by atoms with Crippen molar-refractivity contribution in [1.82, 2.24) is 20.3 Å². The molecule has 30 heavy (non-hydrogen) atoms. The molecule has 1 aliphatic heterocycles. The minimum Gasteiger partial charge on any atom is -0.341 e. The molecule has 4 rings (SSSR count). The third-order valence-corrected chi connectivity index (χ3v) is 5.67. The van der Waals surface area contributed by atoms with E-state index in [0.29, 0.717) is 11.5 Å². The van der Waals surface area contributed by atoms with Crippen molar-refractivity contribution in [2.24, 2.45) is 5.92 Å². The Morgan fingerprint density at radius 1 is 1.03 bits per heavy atom. The fourth-order valence-corrected chi connectivity index (χ4v) is 3.69. The van der Waals surface area contributed by atoms with Crippen LogP contribution in [0.15, 0.2) is 61.2 Å². The molecule has 0 bridgehead atoms. The van der Waals surface area contributed by atoms with Crippen LogP contribution in [0.3, 0.4) is 0 Å². The fraction of sp³-hybridized carbons (Fsp3) is 0.333. The molecule has 1 amide bonds. The predicted molar refractivity (Wildman–Crippen MR) is 117 cm³/mol. The first kappa shape index (κ1) is 20.0. The molecule has 6 nitrogen and oxygen atoms in total. The number of amides is 1.